The van der Waals surface area contributed by atoms with Crippen LogP contribution < -0.4 is 4.74 Å². The SMILES string of the molecule is COc1ccc(CC(=O)c2csc3ccccc23)cc1Br. The molecule has 106 valence electrons. The molecule has 21 heavy (non-hydrogen) atoms. The number of methoxy groups -OCH3 is 1. The number of ether oxygens (including phenoxy) is 1. The van der Waals surface area contributed by atoms with E-state index in [0.29, 0.717) is 6.42 Å². The third-order valence-corrected chi connectivity index (χ3v) is 4.95. The summed E-state index contributed by atoms with van der Waals surface area (Å²) >= 11 is 5.06. The number of Topliss-reactive ketones (excluding diaryl/α,β-unsaturated/α-hetero) is 1. The summed E-state index contributed by atoms with van der Waals surface area (Å²) in [5, 5.41) is 2.99. The molecule has 0 radical (unpaired) electrons. The van der Waals surface area contributed by atoms with Gasteiger partial charge >= 0.3 is 0 Å². The highest BCUT2D eigenvalue weighted by atomic mass is 79.9. The van der Waals surface area contributed by atoms with Gasteiger partial charge in [0.15, 0.2) is 5.78 Å². The zero-order chi connectivity index (χ0) is 14.8. The first-order chi connectivity index (χ1) is 10.2. The third-order valence-electron chi connectivity index (χ3n) is 3.36. The lowest BCUT2D eigenvalue weighted by Crippen LogP contribution is -2.02. The van der Waals surface area contributed by atoms with Gasteiger partial charge in [0.05, 0.1) is 11.6 Å². The Kier molecular flexibility index (Phi) is 4.08. The molecule has 0 saturated heterocycles. The van der Waals surface area contributed by atoms with Crippen molar-refractivity contribution in [2.24, 2.45) is 0 Å². The molecule has 0 atom stereocenters. The van der Waals surface area contributed by atoms with Crippen LogP contribution in [0.5, 0.6) is 5.75 Å². The standard InChI is InChI=1S/C17H13BrO2S/c1-20-16-7-6-11(8-14(16)18)9-15(19)13-10-21-17-5-3-2-4-12(13)17/h2-8,10H,9H2,1H3. The lowest BCUT2D eigenvalue weighted by atomic mass is 10.0. The predicted octanol–water partition coefficient (Wildman–Crippen LogP) is 5.10. The number of halogens is 1. The van der Waals surface area contributed by atoms with Crippen molar-refractivity contribution in [1.29, 1.82) is 0 Å². The molecule has 3 aromatic rings. The minimum absolute atomic E-state index is 0.143. The molecule has 2 nitrogen and oxygen atoms in total. The summed E-state index contributed by atoms with van der Waals surface area (Å²) in [5.74, 6) is 0.914. The zero-order valence-corrected chi connectivity index (χ0v) is 13.8. The maximum atomic E-state index is 12.5. The van der Waals surface area contributed by atoms with E-state index in [-0.39, 0.29) is 5.78 Å². The lowest BCUT2D eigenvalue weighted by molar-refractivity contribution is 0.0995. The normalized spacial score (nSPS) is 10.8. The minimum Gasteiger partial charge on any atom is -0.496 e. The van der Waals surface area contributed by atoms with Gasteiger partial charge in [0.1, 0.15) is 5.75 Å². The van der Waals surface area contributed by atoms with Gasteiger partial charge in [-0.15, -0.1) is 11.3 Å². The Morgan fingerprint density at radius 1 is 1.24 bits per heavy atom. The molecular weight excluding hydrogens is 348 g/mol. The summed E-state index contributed by atoms with van der Waals surface area (Å²) in [4.78, 5) is 12.5. The van der Waals surface area contributed by atoms with E-state index in [1.165, 1.54) is 0 Å². The van der Waals surface area contributed by atoms with Crippen molar-refractivity contribution in [2.75, 3.05) is 7.11 Å². The van der Waals surface area contributed by atoms with Crippen LogP contribution in [-0.4, -0.2) is 12.9 Å². The van der Waals surface area contributed by atoms with Crippen molar-refractivity contribution in [1.82, 2.24) is 0 Å². The van der Waals surface area contributed by atoms with E-state index >= 15 is 0 Å². The van der Waals surface area contributed by atoms with Gasteiger partial charge in [-0.05, 0) is 39.7 Å². The topological polar surface area (TPSA) is 26.3 Å². The summed E-state index contributed by atoms with van der Waals surface area (Å²) in [7, 11) is 1.63. The van der Waals surface area contributed by atoms with Crippen LogP contribution in [0.15, 0.2) is 52.3 Å². The second kappa shape index (κ2) is 6.00. The molecule has 0 bridgehead atoms. The molecule has 0 unspecified atom stereocenters. The number of ketones is 1. The van der Waals surface area contributed by atoms with Gasteiger partial charge in [0, 0.05) is 27.5 Å². The average molecular weight is 361 g/mol. The first-order valence-corrected chi connectivity index (χ1v) is 8.18. The highest BCUT2D eigenvalue weighted by molar-refractivity contribution is 9.10. The van der Waals surface area contributed by atoms with Crippen molar-refractivity contribution < 1.29 is 9.53 Å². The van der Waals surface area contributed by atoms with E-state index in [1.54, 1.807) is 18.4 Å². The van der Waals surface area contributed by atoms with Gasteiger partial charge in [0.2, 0.25) is 0 Å². The molecule has 0 amide bonds. The first-order valence-electron chi connectivity index (χ1n) is 6.51. The maximum absolute atomic E-state index is 12.5. The van der Waals surface area contributed by atoms with E-state index in [9.17, 15) is 4.79 Å². The van der Waals surface area contributed by atoms with E-state index in [1.807, 2.05) is 47.8 Å². The van der Waals surface area contributed by atoms with Crippen LogP contribution in [-0.2, 0) is 6.42 Å². The largest absolute Gasteiger partial charge is 0.496 e. The van der Waals surface area contributed by atoms with Gasteiger partial charge in [-0.1, -0.05) is 24.3 Å². The van der Waals surface area contributed by atoms with Crippen LogP contribution in [0.4, 0.5) is 0 Å². The van der Waals surface area contributed by atoms with E-state index < -0.39 is 0 Å². The molecule has 4 heteroatoms. The van der Waals surface area contributed by atoms with Crippen molar-refractivity contribution in [3.8, 4) is 5.75 Å². The molecule has 3 rings (SSSR count). The zero-order valence-electron chi connectivity index (χ0n) is 11.4. The minimum atomic E-state index is 0.143. The molecule has 1 aromatic heterocycles. The van der Waals surface area contributed by atoms with Crippen LogP contribution in [0.25, 0.3) is 10.1 Å². The number of fused-ring (bicyclic) bond motifs is 1. The van der Waals surface area contributed by atoms with Gasteiger partial charge in [0.25, 0.3) is 0 Å². The van der Waals surface area contributed by atoms with E-state index in [0.717, 1.165) is 31.4 Å². The summed E-state index contributed by atoms with van der Waals surface area (Å²) < 4.78 is 7.22. The number of hydrogen-bond acceptors (Lipinski definition) is 3. The summed E-state index contributed by atoms with van der Waals surface area (Å²) in [6, 6.07) is 13.7. The fourth-order valence-corrected chi connectivity index (χ4v) is 3.85. The Labute approximate surface area is 135 Å². The monoisotopic (exact) mass is 360 g/mol. The Hall–Kier alpha value is -1.65. The smallest absolute Gasteiger partial charge is 0.168 e. The molecule has 0 aliphatic carbocycles. The van der Waals surface area contributed by atoms with Gasteiger partial charge in [-0.3, -0.25) is 4.79 Å². The lowest BCUT2D eigenvalue weighted by Gasteiger charge is -2.06. The number of rotatable bonds is 4. The van der Waals surface area contributed by atoms with Crippen molar-refractivity contribution >= 4 is 43.1 Å². The van der Waals surface area contributed by atoms with Crippen LogP contribution in [0, 0.1) is 0 Å². The van der Waals surface area contributed by atoms with E-state index in [4.69, 9.17) is 4.74 Å². The van der Waals surface area contributed by atoms with Crippen LogP contribution in [0.2, 0.25) is 0 Å². The van der Waals surface area contributed by atoms with Gasteiger partial charge in [-0.25, -0.2) is 0 Å². The number of benzene rings is 2. The quantitative estimate of drug-likeness (QED) is 0.605. The highest BCUT2D eigenvalue weighted by Gasteiger charge is 2.13. The van der Waals surface area contributed by atoms with Crippen LogP contribution in [0.1, 0.15) is 15.9 Å². The summed E-state index contributed by atoms with van der Waals surface area (Å²) in [6.45, 7) is 0. The Bertz CT molecular complexity index is 807. The Morgan fingerprint density at radius 2 is 2.05 bits per heavy atom. The molecule has 0 fully saturated rings. The maximum Gasteiger partial charge on any atom is 0.168 e. The Morgan fingerprint density at radius 3 is 2.81 bits per heavy atom. The fourth-order valence-electron chi connectivity index (χ4n) is 2.29. The molecule has 0 saturated carbocycles. The summed E-state index contributed by atoms with van der Waals surface area (Å²) in [5.41, 5.74) is 1.78. The second-order valence-corrected chi connectivity index (χ2v) is 6.48. The predicted molar refractivity (Wildman–Crippen MR) is 90.6 cm³/mol. The molecular formula is C17H13BrO2S. The number of hydrogen-bond donors (Lipinski definition) is 0. The molecule has 1 heterocycles. The van der Waals surface area contributed by atoms with Crippen molar-refractivity contribution in [3.05, 3.63) is 63.4 Å². The molecule has 0 aliphatic rings. The number of thiophene rings is 1. The fraction of sp³-hybridized carbons (Fsp3) is 0.118. The van der Waals surface area contributed by atoms with Gasteiger partial charge < -0.3 is 4.74 Å². The second-order valence-electron chi connectivity index (χ2n) is 4.71. The van der Waals surface area contributed by atoms with Crippen molar-refractivity contribution in [2.45, 2.75) is 6.42 Å². The molecule has 0 spiro atoms. The number of carbonyl (C=O) groups is 1. The van der Waals surface area contributed by atoms with Crippen molar-refractivity contribution in [3.63, 3.8) is 0 Å². The Balaban J connectivity index is 1.88. The summed E-state index contributed by atoms with van der Waals surface area (Å²) in [6.07, 6.45) is 0.392. The molecule has 0 aliphatic heterocycles. The van der Waals surface area contributed by atoms with Gasteiger partial charge in [-0.2, -0.15) is 0 Å². The third kappa shape index (κ3) is 2.87. The first kappa shape index (κ1) is 14.3. The van der Waals surface area contributed by atoms with Crippen LogP contribution in [0.3, 0.4) is 0 Å². The average Bonchev–Trinajstić information content (AvgIpc) is 2.91. The molecule has 2 aromatic carbocycles. The van der Waals surface area contributed by atoms with E-state index in [2.05, 4.69) is 15.9 Å². The highest BCUT2D eigenvalue weighted by Crippen LogP contribution is 2.29. The number of carbonyl (C=O) groups excluding carboxylic acids is 1. The molecule has 0 N–H and O–H groups in total. The van der Waals surface area contributed by atoms with Crippen LogP contribution >= 0.6 is 27.3 Å².